The van der Waals surface area contributed by atoms with E-state index in [0.29, 0.717) is 30.4 Å². The van der Waals surface area contributed by atoms with Gasteiger partial charge in [0.25, 0.3) is 5.56 Å². The highest BCUT2D eigenvalue weighted by atomic mass is 16.5. The number of ether oxygens (including phenoxy) is 1. The first-order valence-electron chi connectivity index (χ1n) is 9.97. The van der Waals surface area contributed by atoms with E-state index in [1.54, 1.807) is 12.3 Å². The molecule has 1 saturated heterocycles. The van der Waals surface area contributed by atoms with Crippen molar-refractivity contribution in [2.45, 2.75) is 25.0 Å². The van der Waals surface area contributed by atoms with E-state index < -0.39 is 6.10 Å². The molecule has 2 aromatic carbocycles. The van der Waals surface area contributed by atoms with Crippen LogP contribution in [0, 0.1) is 0 Å². The number of rotatable bonds is 3. The molecule has 2 unspecified atom stereocenters. The van der Waals surface area contributed by atoms with Crippen molar-refractivity contribution in [1.29, 1.82) is 0 Å². The van der Waals surface area contributed by atoms with Crippen molar-refractivity contribution in [1.82, 2.24) is 14.5 Å². The molecular weight excluding hydrogens is 382 g/mol. The van der Waals surface area contributed by atoms with Gasteiger partial charge in [-0.3, -0.25) is 14.2 Å². The van der Waals surface area contributed by atoms with Crippen LogP contribution >= 0.6 is 0 Å². The Kier molecular flexibility index (Phi) is 4.69. The maximum absolute atomic E-state index is 13.4. The Bertz CT molecular complexity index is 1340. The molecule has 3 heterocycles. The molecule has 0 aliphatic carbocycles. The van der Waals surface area contributed by atoms with Gasteiger partial charge >= 0.3 is 0 Å². The molecule has 7 heteroatoms. The van der Waals surface area contributed by atoms with Crippen molar-refractivity contribution in [3.8, 4) is 0 Å². The summed E-state index contributed by atoms with van der Waals surface area (Å²) in [7, 11) is 0. The Hall–Kier alpha value is -3.29. The van der Waals surface area contributed by atoms with Gasteiger partial charge in [0.2, 0.25) is 5.56 Å². The van der Waals surface area contributed by atoms with Crippen molar-refractivity contribution in [3.63, 3.8) is 0 Å². The lowest BCUT2D eigenvalue weighted by Crippen LogP contribution is -2.39. The lowest BCUT2D eigenvalue weighted by molar-refractivity contribution is -0.0395. The van der Waals surface area contributed by atoms with Crippen LogP contribution in [0.5, 0.6) is 0 Å². The Balaban J connectivity index is 1.71. The minimum Gasteiger partial charge on any atom is -0.389 e. The van der Waals surface area contributed by atoms with E-state index in [2.05, 4.69) is 9.97 Å². The molecular formula is C23H21N3O4. The molecule has 0 spiro atoms. The number of H-pyrrole nitrogens is 1. The highest BCUT2D eigenvalue weighted by Gasteiger charge is 2.27. The molecule has 2 N–H and O–H groups in total. The molecule has 2 atom stereocenters. The predicted octanol–water partition coefficient (Wildman–Crippen LogP) is 2.15. The number of nitrogens with one attached hydrogen (secondary N) is 1. The highest BCUT2D eigenvalue weighted by Crippen LogP contribution is 2.28. The summed E-state index contributed by atoms with van der Waals surface area (Å²) in [5.74, 6) is 0. The predicted molar refractivity (Wildman–Crippen MR) is 114 cm³/mol. The van der Waals surface area contributed by atoms with Gasteiger partial charge in [-0.15, -0.1) is 0 Å². The van der Waals surface area contributed by atoms with Crippen molar-refractivity contribution in [2.75, 3.05) is 13.2 Å². The quantitative estimate of drug-likeness (QED) is 0.511. The number of aliphatic hydroxyl groups is 1. The van der Waals surface area contributed by atoms with Gasteiger partial charge in [0, 0.05) is 24.3 Å². The van der Waals surface area contributed by atoms with Crippen LogP contribution in [-0.4, -0.2) is 39.0 Å². The SMILES string of the molecule is O=c1ccc(Cc2cc3c(=O)n(C4CCOCC4O)cnc3c3ccccc23)c[nH]1. The van der Waals surface area contributed by atoms with Crippen LogP contribution in [-0.2, 0) is 11.2 Å². The normalized spacial score (nSPS) is 19.4. The molecule has 2 aromatic heterocycles. The number of aliphatic hydroxyl groups excluding tert-OH is 1. The van der Waals surface area contributed by atoms with Crippen LogP contribution in [0.2, 0.25) is 0 Å². The summed E-state index contributed by atoms with van der Waals surface area (Å²) in [6, 6.07) is 12.7. The van der Waals surface area contributed by atoms with Gasteiger partial charge in [0.1, 0.15) is 0 Å². The van der Waals surface area contributed by atoms with E-state index in [4.69, 9.17) is 4.74 Å². The molecule has 0 bridgehead atoms. The van der Waals surface area contributed by atoms with Crippen LogP contribution in [0.1, 0.15) is 23.6 Å². The molecule has 5 rings (SSSR count). The first kappa shape index (κ1) is 18.7. The first-order valence-corrected chi connectivity index (χ1v) is 9.97. The van der Waals surface area contributed by atoms with Gasteiger partial charge in [0.05, 0.1) is 36.0 Å². The molecule has 152 valence electrons. The van der Waals surface area contributed by atoms with E-state index in [9.17, 15) is 14.7 Å². The molecule has 4 aromatic rings. The zero-order valence-corrected chi connectivity index (χ0v) is 16.2. The molecule has 1 aliphatic heterocycles. The van der Waals surface area contributed by atoms with Gasteiger partial charge in [0.15, 0.2) is 0 Å². The van der Waals surface area contributed by atoms with Gasteiger partial charge in [-0.25, -0.2) is 4.98 Å². The third kappa shape index (κ3) is 3.22. The number of aromatic amines is 1. The van der Waals surface area contributed by atoms with Crippen molar-refractivity contribution < 1.29 is 9.84 Å². The average Bonchev–Trinajstić information content (AvgIpc) is 2.77. The zero-order chi connectivity index (χ0) is 20.7. The van der Waals surface area contributed by atoms with Crippen molar-refractivity contribution >= 4 is 21.7 Å². The second kappa shape index (κ2) is 7.51. The van der Waals surface area contributed by atoms with Crippen molar-refractivity contribution in [2.24, 2.45) is 0 Å². The fourth-order valence-corrected chi connectivity index (χ4v) is 4.24. The summed E-state index contributed by atoms with van der Waals surface area (Å²) in [6.07, 6.45) is 3.63. The van der Waals surface area contributed by atoms with E-state index in [1.807, 2.05) is 30.3 Å². The largest absolute Gasteiger partial charge is 0.389 e. The van der Waals surface area contributed by atoms with Crippen LogP contribution in [0.3, 0.4) is 0 Å². The van der Waals surface area contributed by atoms with E-state index in [0.717, 1.165) is 21.9 Å². The Morgan fingerprint density at radius 3 is 2.73 bits per heavy atom. The number of aromatic nitrogens is 3. The molecule has 7 nitrogen and oxygen atoms in total. The summed E-state index contributed by atoms with van der Waals surface area (Å²) in [6.45, 7) is 0.714. The third-order valence-corrected chi connectivity index (χ3v) is 5.77. The van der Waals surface area contributed by atoms with Gasteiger partial charge in [-0.05, 0) is 35.4 Å². The topological polar surface area (TPSA) is 97.2 Å². The van der Waals surface area contributed by atoms with Crippen molar-refractivity contribution in [3.05, 3.63) is 86.8 Å². The average molecular weight is 403 g/mol. The minimum absolute atomic E-state index is 0.149. The molecule has 30 heavy (non-hydrogen) atoms. The fourth-order valence-electron chi connectivity index (χ4n) is 4.24. The van der Waals surface area contributed by atoms with Crippen LogP contribution in [0.4, 0.5) is 0 Å². The molecule has 1 fully saturated rings. The number of fused-ring (bicyclic) bond motifs is 3. The number of hydrogen-bond donors (Lipinski definition) is 2. The fraction of sp³-hybridized carbons (Fsp3) is 0.261. The number of benzene rings is 2. The number of pyridine rings is 1. The zero-order valence-electron chi connectivity index (χ0n) is 16.2. The molecule has 0 amide bonds. The van der Waals surface area contributed by atoms with E-state index in [-0.39, 0.29) is 23.8 Å². The summed E-state index contributed by atoms with van der Waals surface area (Å²) in [5, 5.41) is 12.8. The lowest BCUT2D eigenvalue weighted by Gasteiger charge is -2.29. The van der Waals surface area contributed by atoms with Gasteiger partial charge in [-0.2, -0.15) is 0 Å². The Morgan fingerprint density at radius 1 is 1.13 bits per heavy atom. The van der Waals surface area contributed by atoms with Gasteiger partial charge in [-0.1, -0.05) is 30.3 Å². The highest BCUT2D eigenvalue weighted by molar-refractivity contribution is 6.06. The summed E-state index contributed by atoms with van der Waals surface area (Å²) in [5.41, 5.74) is 2.26. The van der Waals surface area contributed by atoms with Crippen LogP contribution in [0.15, 0.2) is 64.6 Å². The number of hydrogen-bond acceptors (Lipinski definition) is 5. The minimum atomic E-state index is -0.739. The maximum atomic E-state index is 13.4. The van der Waals surface area contributed by atoms with Crippen LogP contribution in [0.25, 0.3) is 21.7 Å². The summed E-state index contributed by atoms with van der Waals surface area (Å²) in [4.78, 5) is 32.1. The second-order valence-electron chi connectivity index (χ2n) is 7.67. The standard InChI is InChI=1S/C23H21N3O4/c27-20-12-30-8-7-19(20)26-13-25-22-17-4-2-1-3-16(17)15(10-18(22)23(26)29)9-14-5-6-21(28)24-11-14/h1-6,10-11,13,19-20,27H,7-9,12H2,(H,24,28). The third-order valence-electron chi connectivity index (χ3n) is 5.77. The molecule has 0 saturated carbocycles. The van der Waals surface area contributed by atoms with E-state index >= 15 is 0 Å². The monoisotopic (exact) mass is 403 g/mol. The summed E-state index contributed by atoms with van der Waals surface area (Å²) < 4.78 is 6.84. The number of nitrogens with zero attached hydrogens (tertiary/aromatic N) is 2. The lowest BCUT2D eigenvalue weighted by atomic mass is 9.96. The Labute approximate surface area is 171 Å². The summed E-state index contributed by atoms with van der Waals surface area (Å²) >= 11 is 0. The molecule has 1 aliphatic rings. The molecule has 0 radical (unpaired) electrons. The van der Waals surface area contributed by atoms with Crippen LogP contribution < -0.4 is 11.1 Å². The van der Waals surface area contributed by atoms with Gasteiger partial charge < -0.3 is 14.8 Å². The smallest absolute Gasteiger partial charge is 0.261 e. The first-order chi connectivity index (χ1) is 14.6. The Morgan fingerprint density at radius 2 is 1.97 bits per heavy atom. The second-order valence-corrected chi connectivity index (χ2v) is 7.67. The maximum Gasteiger partial charge on any atom is 0.261 e. The van der Waals surface area contributed by atoms with E-state index in [1.165, 1.54) is 17.0 Å².